The summed E-state index contributed by atoms with van der Waals surface area (Å²) in [6, 6.07) is 17.9. The number of amides is 1. The molecule has 5 nitrogen and oxygen atoms in total. The molecular formula is C25H31N3O2. The molecule has 1 unspecified atom stereocenters. The zero-order chi connectivity index (χ0) is 20.8. The van der Waals surface area contributed by atoms with Crippen molar-refractivity contribution in [3.63, 3.8) is 0 Å². The molecule has 1 aliphatic carbocycles. The summed E-state index contributed by atoms with van der Waals surface area (Å²) in [4.78, 5) is 17.6. The number of aryl methyl sites for hydroxylation is 1. The van der Waals surface area contributed by atoms with Gasteiger partial charge in [-0.3, -0.25) is 4.79 Å². The molecule has 1 amide bonds. The first-order chi connectivity index (χ1) is 14.7. The van der Waals surface area contributed by atoms with Crippen LogP contribution >= 0.6 is 0 Å². The molecule has 0 radical (unpaired) electrons. The number of nitrogens with one attached hydrogen (secondary N) is 1. The second-order valence-corrected chi connectivity index (χ2v) is 8.19. The fourth-order valence-corrected chi connectivity index (χ4v) is 4.35. The van der Waals surface area contributed by atoms with Crippen LogP contribution in [0.1, 0.15) is 57.3 Å². The molecule has 1 aliphatic rings. The van der Waals surface area contributed by atoms with Crippen LogP contribution in [0.3, 0.4) is 0 Å². The van der Waals surface area contributed by atoms with E-state index in [0.29, 0.717) is 6.61 Å². The van der Waals surface area contributed by atoms with Crippen molar-refractivity contribution >= 4 is 16.9 Å². The minimum absolute atomic E-state index is 0.123. The van der Waals surface area contributed by atoms with Gasteiger partial charge in [-0.15, -0.1) is 0 Å². The molecule has 0 saturated heterocycles. The third kappa shape index (κ3) is 4.84. The van der Waals surface area contributed by atoms with Gasteiger partial charge in [0.05, 0.1) is 23.7 Å². The van der Waals surface area contributed by atoms with Crippen LogP contribution in [-0.2, 0) is 11.3 Å². The lowest BCUT2D eigenvalue weighted by atomic mass is 9.88. The van der Waals surface area contributed by atoms with Crippen LogP contribution in [0.15, 0.2) is 54.6 Å². The molecule has 1 atom stereocenters. The van der Waals surface area contributed by atoms with E-state index >= 15 is 0 Å². The summed E-state index contributed by atoms with van der Waals surface area (Å²) in [5.41, 5.74) is 2.07. The number of para-hydroxylation sites is 3. The predicted molar refractivity (Wildman–Crippen MR) is 119 cm³/mol. The second kappa shape index (κ2) is 9.79. The summed E-state index contributed by atoms with van der Waals surface area (Å²) >= 11 is 0. The Morgan fingerprint density at radius 2 is 1.83 bits per heavy atom. The highest BCUT2D eigenvalue weighted by Gasteiger charge is 2.24. The van der Waals surface area contributed by atoms with Crippen molar-refractivity contribution in [1.29, 1.82) is 0 Å². The maximum Gasteiger partial charge on any atom is 0.223 e. The average molecular weight is 406 g/mol. The average Bonchev–Trinajstić information content (AvgIpc) is 3.17. The third-order valence-corrected chi connectivity index (χ3v) is 5.94. The Labute approximate surface area is 178 Å². The molecule has 1 saturated carbocycles. The minimum Gasteiger partial charge on any atom is -0.494 e. The summed E-state index contributed by atoms with van der Waals surface area (Å²) < 4.78 is 8.09. The van der Waals surface area contributed by atoms with E-state index in [9.17, 15) is 4.79 Å². The minimum atomic E-state index is -0.123. The zero-order valence-corrected chi connectivity index (χ0v) is 17.7. The van der Waals surface area contributed by atoms with Gasteiger partial charge < -0.3 is 14.6 Å². The maximum absolute atomic E-state index is 12.8. The number of ether oxygens (including phenoxy) is 1. The molecule has 1 aromatic heterocycles. The van der Waals surface area contributed by atoms with Crippen LogP contribution in [0.25, 0.3) is 11.0 Å². The SMILES string of the molecule is CC(NC(=O)C1CCCCC1)c1nc2ccccc2n1CCCOc1ccccc1. The van der Waals surface area contributed by atoms with E-state index in [4.69, 9.17) is 9.72 Å². The smallest absolute Gasteiger partial charge is 0.223 e. The Hall–Kier alpha value is -2.82. The quantitative estimate of drug-likeness (QED) is 0.520. The second-order valence-electron chi connectivity index (χ2n) is 8.19. The monoisotopic (exact) mass is 405 g/mol. The molecule has 5 heteroatoms. The fraction of sp³-hybridized carbons (Fsp3) is 0.440. The highest BCUT2D eigenvalue weighted by atomic mass is 16.5. The van der Waals surface area contributed by atoms with Crippen molar-refractivity contribution in [2.24, 2.45) is 5.92 Å². The van der Waals surface area contributed by atoms with Crippen molar-refractivity contribution < 1.29 is 9.53 Å². The van der Waals surface area contributed by atoms with E-state index in [-0.39, 0.29) is 17.9 Å². The Balaban J connectivity index is 1.44. The van der Waals surface area contributed by atoms with Crippen molar-refractivity contribution in [3.8, 4) is 5.75 Å². The van der Waals surface area contributed by atoms with Crippen molar-refractivity contribution in [3.05, 3.63) is 60.4 Å². The van der Waals surface area contributed by atoms with Crippen LogP contribution in [0.5, 0.6) is 5.75 Å². The zero-order valence-electron chi connectivity index (χ0n) is 17.7. The van der Waals surface area contributed by atoms with E-state index in [0.717, 1.165) is 61.3 Å². The first-order valence-electron chi connectivity index (χ1n) is 11.2. The Bertz CT molecular complexity index is 961. The standard InChI is InChI=1S/C25H31N3O2/c1-19(26-25(29)20-11-4-2-5-12-20)24-27-22-15-8-9-16-23(22)28(24)17-10-18-30-21-13-6-3-7-14-21/h3,6-9,13-16,19-20H,2,4-5,10-12,17-18H2,1H3,(H,26,29). The highest BCUT2D eigenvalue weighted by molar-refractivity contribution is 5.80. The first-order valence-corrected chi connectivity index (χ1v) is 11.2. The number of nitrogens with zero attached hydrogens (tertiary/aromatic N) is 2. The molecule has 3 aromatic rings. The third-order valence-electron chi connectivity index (χ3n) is 5.94. The number of rotatable bonds is 8. The number of fused-ring (bicyclic) bond motifs is 1. The number of carbonyl (C=O) groups is 1. The van der Waals surface area contributed by atoms with Gasteiger partial charge in [0.2, 0.25) is 5.91 Å². The molecule has 1 fully saturated rings. The summed E-state index contributed by atoms with van der Waals surface area (Å²) in [7, 11) is 0. The normalized spacial score (nSPS) is 15.8. The molecule has 4 rings (SSSR count). The number of benzene rings is 2. The number of hydrogen-bond acceptors (Lipinski definition) is 3. The number of aromatic nitrogens is 2. The summed E-state index contributed by atoms with van der Waals surface area (Å²) in [6.07, 6.45) is 6.45. The van der Waals surface area contributed by atoms with Gasteiger partial charge in [-0.1, -0.05) is 49.6 Å². The van der Waals surface area contributed by atoms with Crippen LogP contribution in [-0.4, -0.2) is 22.1 Å². The van der Waals surface area contributed by atoms with Gasteiger partial charge in [-0.25, -0.2) is 4.98 Å². The van der Waals surface area contributed by atoms with Gasteiger partial charge in [0.1, 0.15) is 11.6 Å². The van der Waals surface area contributed by atoms with Crippen LogP contribution in [0, 0.1) is 5.92 Å². The largest absolute Gasteiger partial charge is 0.494 e. The molecule has 0 bridgehead atoms. The lowest BCUT2D eigenvalue weighted by Crippen LogP contribution is -2.35. The van der Waals surface area contributed by atoms with Gasteiger partial charge in [0, 0.05) is 12.5 Å². The van der Waals surface area contributed by atoms with Gasteiger partial charge in [0.15, 0.2) is 0 Å². The molecule has 30 heavy (non-hydrogen) atoms. The number of carbonyl (C=O) groups excluding carboxylic acids is 1. The van der Waals surface area contributed by atoms with E-state index < -0.39 is 0 Å². The molecule has 0 spiro atoms. The van der Waals surface area contributed by atoms with Crippen LogP contribution in [0.2, 0.25) is 0 Å². The summed E-state index contributed by atoms with van der Waals surface area (Å²) in [5, 5.41) is 3.23. The summed E-state index contributed by atoms with van der Waals surface area (Å²) in [5.74, 6) is 2.13. The van der Waals surface area contributed by atoms with Gasteiger partial charge >= 0.3 is 0 Å². The lowest BCUT2D eigenvalue weighted by molar-refractivity contribution is -0.126. The molecule has 2 aromatic carbocycles. The maximum atomic E-state index is 12.8. The molecule has 1 N–H and O–H groups in total. The molecular weight excluding hydrogens is 374 g/mol. The summed E-state index contributed by atoms with van der Waals surface area (Å²) in [6.45, 7) is 3.48. The first kappa shape index (κ1) is 20.5. The predicted octanol–water partition coefficient (Wildman–Crippen LogP) is 5.26. The molecule has 0 aliphatic heterocycles. The Morgan fingerprint density at radius 3 is 2.63 bits per heavy atom. The Kier molecular flexibility index (Phi) is 6.67. The van der Waals surface area contributed by atoms with Crippen molar-refractivity contribution in [2.75, 3.05) is 6.61 Å². The van der Waals surface area contributed by atoms with Gasteiger partial charge in [0.25, 0.3) is 0 Å². The van der Waals surface area contributed by atoms with E-state index in [1.165, 1.54) is 6.42 Å². The van der Waals surface area contributed by atoms with Crippen LogP contribution < -0.4 is 10.1 Å². The fourth-order valence-electron chi connectivity index (χ4n) is 4.35. The van der Waals surface area contributed by atoms with Crippen molar-refractivity contribution in [1.82, 2.24) is 14.9 Å². The molecule has 1 heterocycles. The number of hydrogen-bond donors (Lipinski definition) is 1. The van der Waals surface area contributed by atoms with Gasteiger partial charge in [-0.2, -0.15) is 0 Å². The van der Waals surface area contributed by atoms with Crippen LogP contribution in [0.4, 0.5) is 0 Å². The van der Waals surface area contributed by atoms with E-state index in [1.807, 2.05) is 55.5 Å². The van der Waals surface area contributed by atoms with E-state index in [2.05, 4.69) is 16.0 Å². The molecule has 158 valence electrons. The van der Waals surface area contributed by atoms with Crippen molar-refractivity contribution in [2.45, 2.75) is 58.0 Å². The lowest BCUT2D eigenvalue weighted by Gasteiger charge is -2.23. The van der Waals surface area contributed by atoms with Gasteiger partial charge in [-0.05, 0) is 50.5 Å². The highest BCUT2D eigenvalue weighted by Crippen LogP contribution is 2.26. The Morgan fingerprint density at radius 1 is 1.10 bits per heavy atom. The number of imidazole rings is 1. The van der Waals surface area contributed by atoms with E-state index in [1.54, 1.807) is 0 Å². The topological polar surface area (TPSA) is 56.2 Å².